The van der Waals surface area contributed by atoms with Crippen molar-refractivity contribution in [1.82, 2.24) is 5.32 Å². The van der Waals surface area contributed by atoms with E-state index < -0.39 is 12.1 Å². The van der Waals surface area contributed by atoms with Gasteiger partial charge in [0.05, 0.1) is 18.8 Å². The van der Waals surface area contributed by atoms with Crippen LogP contribution in [0.15, 0.2) is 24.3 Å². The number of aliphatic hydroxyl groups excluding tert-OH is 2. The third-order valence-corrected chi connectivity index (χ3v) is 10.7. The van der Waals surface area contributed by atoms with E-state index in [-0.39, 0.29) is 12.5 Å². The molecule has 1 amide bonds. The molecule has 2 unspecified atom stereocenters. The highest BCUT2D eigenvalue weighted by Gasteiger charge is 2.17. The Kier molecular flexibility index (Phi) is 42.3. The van der Waals surface area contributed by atoms with Gasteiger partial charge < -0.3 is 15.5 Å². The molecule has 0 fully saturated rings. The molecule has 0 aromatic heterocycles. The number of rotatable bonds is 42. The fourth-order valence-corrected chi connectivity index (χ4v) is 7.14. The second kappa shape index (κ2) is 43.3. The third-order valence-electron chi connectivity index (χ3n) is 10.7. The number of unbranched alkanes of at least 4 members (excludes halogenated alkanes) is 33. The first-order valence-corrected chi connectivity index (χ1v) is 23.1. The predicted molar refractivity (Wildman–Crippen MR) is 225 cm³/mol. The van der Waals surface area contributed by atoms with E-state index in [4.69, 9.17) is 0 Å². The van der Waals surface area contributed by atoms with Crippen LogP contribution in [0, 0.1) is 0 Å². The van der Waals surface area contributed by atoms with E-state index >= 15 is 0 Å². The molecule has 302 valence electrons. The maximum Gasteiger partial charge on any atom is 0.220 e. The van der Waals surface area contributed by atoms with E-state index in [0.29, 0.717) is 6.42 Å². The van der Waals surface area contributed by atoms with Gasteiger partial charge in [-0.3, -0.25) is 4.79 Å². The summed E-state index contributed by atoms with van der Waals surface area (Å²) in [5.41, 5.74) is 0. The van der Waals surface area contributed by atoms with Gasteiger partial charge in [-0.15, -0.1) is 0 Å². The van der Waals surface area contributed by atoms with E-state index in [9.17, 15) is 15.0 Å². The molecule has 0 radical (unpaired) electrons. The molecule has 4 nitrogen and oxygen atoms in total. The third kappa shape index (κ3) is 39.9. The summed E-state index contributed by atoms with van der Waals surface area (Å²) >= 11 is 0. The summed E-state index contributed by atoms with van der Waals surface area (Å²) < 4.78 is 0. The van der Waals surface area contributed by atoms with E-state index in [0.717, 1.165) is 32.1 Å². The topological polar surface area (TPSA) is 69.6 Å². The van der Waals surface area contributed by atoms with E-state index in [1.807, 2.05) is 6.08 Å². The standard InChI is InChI=1S/C47H91NO3/c1-3-5-7-9-11-12-13-14-15-16-17-18-19-20-21-22-23-24-25-26-27-28-29-30-31-32-33-34-35-36-37-38-40-42-46(50)45(44-49)48-47(51)43-41-39-10-8-6-4-2/h35-36,40,42,45-46,49-50H,3-34,37-39,41,43-44H2,1-2H3,(H,48,51)/b36-35+,42-40+. The predicted octanol–water partition coefficient (Wildman–Crippen LogP) is 14.4. The number of allylic oxidation sites excluding steroid dienone is 3. The van der Waals surface area contributed by atoms with Crippen molar-refractivity contribution in [2.75, 3.05) is 6.61 Å². The van der Waals surface area contributed by atoms with Crippen LogP contribution in [0.25, 0.3) is 0 Å². The van der Waals surface area contributed by atoms with Crippen molar-refractivity contribution < 1.29 is 15.0 Å². The minimum Gasteiger partial charge on any atom is -0.394 e. The monoisotopic (exact) mass is 718 g/mol. The van der Waals surface area contributed by atoms with Crippen LogP contribution in [-0.2, 0) is 4.79 Å². The van der Waals surface area contributed by atoms with Crippen LogP contribution in [0.1, 0.15) is 251 Å². The lowest BCUT2D eigenvalue weighted by atomic mass is 10.0. The molecule has 0 rings (SSSR count). The number of aliphatic hydroxyl groups is 2. The Morgan fingerprint density at radius 1 is 0.451 bits per heavy atom. The molecule has 0 bridgehead atoms. The van der Waals surface area contributed by atoms with Crippen molar-refractivity contribution >= 4 is 5.91 Å². The lowest BCUT2D eigenvalue weighted by molar-refractivity contribution is -0.123. The molecule has 0 aliphatic heterocycles. The summed E-state index contributed by atoms with van der Waals surface area (Å²) in [6.45, 7) is 4.24. The normalized spacial score (nSPS) is 13.1. The van der Waals surface area contributed by atoms with Gasteiger partial charge in [0.25, 0.3) is 0 Å². The fraction of sp³-hybridized carbons (Fsp3) is 0.894. The zero-order chi connectivity index (χ0) is 37.1. The molecule has 3 N–H and O–H groups in total. The van der Waals surface area contributed by atoms with Crippen LogP contribution in [0.4, 0.5) is 0 Å². The van der Waals surface area contributed by atoms with Gasteiger partial charge in [0.2, 0.25) is 5.91 Å². The summed E-state index contributed by atoms with van der Waals surface area (Å²) in [5, 5.41) is 22.8. The molecular formula is C47H91NO3. The lowest BCUT2D eigenvalue weighted by Gasteiger charge is -2.19. The van der Waals surface area contributed by atoms with Gasteiger partial charge in [-0.25, -0.2) is 0 Å². The average molecular weight is 718 g/mol. The number of carbonyl (C=O) groups excluding carboxylic acids is 1. The average Bonchev–Trinajstić information content (AvgIpc) is 3.13. The smallest absolute Gasteiger partial charge is 0.220 e. The van der Waals surface area contributed by atoms with Gasteiger partial charge in [0, 0.05) is 6.42 Å². The van der Waals surface area contributed by atoms with Crippen LogP contribution < -0.4 is 5.32 Å². The van der Waals surface area contributed by atoms with Gasteiger partial charge >= 0.3 is 0 Å². The Morgan fingerprint density at radius 2 is 0.765 bits per heavy atom. The molecule has 51 heavy (non-hydrogen) atoms. The fourth-order valence-electron chi connectivity index (χ4n) is 7.14. The number of amides is 1. The van der Waals surface area contributed by atoms with Crippen molar-refractivity contribution in [3.63, 3.8) is 0 Å². The molecule has 4 heteroatoms. The molecule has 0 aromatic carbocycles. The zero-order valence-electron chi connectivity index (χ0n) is 34.6. The molecule has 0 saturated carbocycles. The van der Waals surface area contributed by atoms with Crippen molar-refractivity contribution in [1.29, 1.82) is 0 Å². The maximum atomic E-state index is 12.2. The van der Waals surface area contributed by atoms with Crippen LogP contribution in [0.2, 0.25) is 0 Å². The first-order valence-electron chi connectivity index (χ1n) is 23.1. The van der Waals surface area contributed by atoms with E-state index in [2.05, 4.69) is 31.3 Å². The largest absolute Gasteiger partial charge is 0.394 e. The first-order chi connectivity index (χ1) is 25.2. The number of nitrogens with one attached hydrogen (secondary N) is 1. The van der Waals surface area contributed by atoms with Crippen LogP contribution >= 0.6 is 0 Å². The number of hydrogen-bond acceptors (Lipinski definition) is 3. The Bertz CT molecular complexity index is 735. The van der Waals surface area contributed by atoms with Gasteiger partial charge in [0.1, 0.15) is 0 Å². The van der Waals surface area contributed by atoms with Gasteiger partial charge in [-0.1, -0.05) is 237 Å². The Morgan fingerprint density at radius 3 is 1.14 bits per heavy atom. The maximum absolute atomic E-state index is 12.2. The number of hydrogen-bond donors (Lipinski definition) is 3. The molecule has 0 aliphatic rings. The quantitative estimate of drug-likeness (QED) is 0.0435. The molecular weight excluding hydrogens is 627 g/mol. The summed E-state index contributed by atoms with van der Waals surface area (Å²) in [5.74, 6) is -0.0823. The summed E-state index contributed by atoms with van der Waals surface area (Å²) in [6.07, 6.45) is 56.4. The first kappa shape index (κ1) is 49.9. The summed E-state index contributed by atoms with van der Waals surface area (Å²) in [6, 6.07) is -0.632. The van der Waals surface area contributed by atoms with E-state index in [1.165, 1.54) is 199 Å². The SMILES string of the molecule is CCCCCCCCCCCCCCCCCCCCCCCCCCCCC/C=C/CC/C=C/C(O)C(CO)NC(=O)CCCCCCCC. The zero-order valence-corrected chi connectivity index (χ0v) is 34.6. The second-order valence-corrected chi connectivity index (χ2v) is 15.8. The Hall–Kier alpha value is -1.13. The lowest BCUT2D eigenvalue weighted by Crippen LogP contribution is -2.45. The van der Waals surface area contributed by atoms with Crippen molar-refractivity contribution in [2.24, 2.45) is 0 Å². The molecule has 0 saturated heterocycles. The minimum atomic E-state index is -0.856. The molecule has 2 atom stereocenters. The summed E-state index contributed by atoms with van der Waals surface area (Å²) in [7, 11) is 0. The highest BCUT2D eigenvalue weighted by Crippen LogP contribution is 2.16. The molecule has 0 aliphatic carbocycles. The molecule has 0 heterocycles. The van der Waals surface area contributed by atoms with E-state index in [1.54, 1.807) is 6.08 Å². The highest BCUT2D eigenvalue weighted by atomic mass is 16.3. The summed E-state index contributed by atoms with van der Waals surface area (Å²) in [4.78, 5) is 12.2. The molecule has 0 aromatic rings. The van der Waals surface area contributed by atoms with Crippen LogP contribution in [0.5, 0.6) is 0 Å². The van der Waals surface area contributed by atoms with Crippen molar-refractivity contribution in [2.45, 2.75) is 264 Å². The molecule has 0 spiro atoms. The van der Waals surface area contributed by atoms with Crippen molar-refractivity contribution in [3.05, 3.63) is 24.3 Å². The minimum absolute atomic E-state index is 0.0823. The van der Waals surface area contributed by atoms with Crippen LogP contribution in [0.3, 0.4) is 0 Å². The van der Waals surface area contributed by atoms with Crippen LogP contribution in [-0.4, -0.2) is 34.9 Å². The number of carbonyl (C=O) groups is 1. The van der Waals surface area contributed by atoms with Gasteiger partial charge in [-0.05, 0) is 32.1 Å². The Labute approximate surface area is 319 Å². The second-order valence-electron chi connectivity index (χ2n) is 15.8. The Balaban J connectivity index is 3.39. The highest BCUT2D eigenvalue weighted by molar-refractivity contribution is 5.76. The van der Waals surface area contributed by atoms with Gasteiger partial charge in [0.15, 0.2) is 0 Å². The van der Waals surface area contributed by atoms with Crippen molar-refractivity contribution in [3.8, 4) is 0 Å². The van der Waals surface area contributed by atoms with Gasteiger partial charge in [-0.2, -0.15) is 0 Å².